The predicted molar refractivity (Wildman–Crippen MR) is 45.6 cm³/mol. The van der Waals surface area contributed by atoms with E-state index in [0.29, 0.717) is 0 Å². The van der Waals surface area contributed by atoms with Gasteiger partial charge >= 0.3 is 6.18 Å². The van der Waals surface area contributed by atoms with Crippen molar-refractivity contribution < 1.29 is 13.2 Å². The third-order valence-corrected chi connectivity index (χ3v) is 1.97. The number of benzene rings is 1. The molecule has 74 valence electrons. The van der Waals surface area contributed by atoms with Gasteiger partial charge < -0.3 is 5.73 Å². The zero-order valence-corrected chi connectivity index (χ0v) is 7.45. The van der Waals surface area contributed by atoms with E-state index < -0.39 is 22.4 Å². The summed E-state index contributed by atoms with van der Waals surface area (Å²) >= 11 is 5.38. The maximum atomic E-state index is 12.4. The fourth-order valence-electron chi connectivity index (χ4n) is 0.965. The fourth-order valence-corrected chi connectivity index (χ4v) is 1.29. The first-order valence-electron chi connectivity index (χ1n) is 3.43. The summed E-state index contributed by atoms with van der Waals surface area (Å²) in [6, 6.07) is 3.70. The minimum atomic E-state index is -4.64. The Morgan fingerprint density at radius 3 is 2.36 bits per heavy atom. The van der Waals surface area contributed by atoms with E-state index in [2.05, 4.69) is 0 Å². The van der Waals surface area contributed by atoms with E-state index in [1.165, 1.54) is 0 Å². The Balaban J connectivity index is 3.50. The molecule has 14 heavy (non-hydrogen) atoms. The van der Waals surface area contributed by atoms with Crippen molar-refractivity contribution in [1.82, 2.24) is 0 Å². The van der Waals surface area contributed by atoms with E-state index in [0.717, 1.165) is 12.1 Å². The third-order valence-electron chi connectivity index (χ3n) is 1.58. The minimum absolute atomic E-state index is 0.242. The molecule has 0 atom stereocenters. The van der Waals surface area contributed by atoms with Gasteiger partial charge in [-0.1, -0.05) is 11.6 Å². The van der Waals surface area contributed by atoms with Crippen LogP contribution < -0.4 is 5.73 Å². The highest BCUT2D eigenvalue weighted by Crippen LogP contribution is 2.39. The van der Waals surface area contributed by atoms with Gasteiger partial charge in [-0.25, -0.2) is 0 Å². The molecule has 0 amide bonds. The van der Waals surface area contributed by atoms with E-state index in [4.69, 9.17) is 22.6 Å². The molecule has 0 aromatic heterocycles. The van der Waals surface area contributed by atoms with E-state index in [1.54, 1.807) is 6.07 Å². The number of rotatable bonds is 0. The largest absolute Gasteiger partial charge is 0.419 e. The standard InChI is InChI=1S/C8H4ClF3N2/c9-7-4(3-13)1-2-5(14)6(7)8(10,11)12/h1-2H,14H2. The van der Waals surface area contributed by atoms with Gasteiger partial charge in [0.1, 0.15) is 6.07 Å². The lowest BCUT2D eigenvalue weighted by Crippen LogP contribution is -2.10. The van der Waals surface area contributed by atoms with Crippen LogP contribution in [0.1, 0.15) is 11.1 Å². The molecule has 0 saturated carbocycles. The molecule has 1 aromatic rings. The third kappa shape index (κ3) is 1.75. The van der Waals surface area contributed by atoms with Crippen LogP contribution in [0.15, 0.2) is 12.1 Å². The monoisotopic (exact) mass is 220 g/mol. The van der Waals surface area contributed by atoms with Crippen molar-refractivity contribution in [1.29, 1.82) is 5.26 Å². The van der Waals surface area contributed by atoms with Gasteiger partial charge in [-0.2, -0.15) is 18.4 Å². The molecule has 6 heteroatoms. The number of alkyl halides is 3. The molecular formula is C8H4ClF3N2. The number of anilines is 1. The number of nitrogen functional groups attached to an aromatic ring is 1. The van der Waals surface area contributed by atoms with Crippen molar-refractivity contribution in [2.24, 2.45) is 0 Å². The Labute approximate surface area is 82.7 Å². The Morgan fingerprint density at radius 1 is 1.36 bits per heavy atom. The van der Waals surface area contributed by atoms with E-state index in [9.17, 15) is 13.2 Å². The van der Waals surface area contributed by atoms with Crippen LogP contribution in [-0.4, -0.2) is 0 Å². The van der Waals surface area contributed by atoms with Crippen molar-refractivity contribution in [3.63, 3.8) is 0 Å². The Hall–Kier alpha value is -1.41. The van der Waals surface area contributed by atoms with E-state index >= 15 is 0 Å². The second-order valence-corrected chi connectivity index (χ2v) is 2.88. The van der Waals surface area contributed by atoms with Gasteiger partial charge in [0.15, 0.2) is 0 Å². The van der Waals surface area contributed by atoms with Crippen LogP contribution >= 0.6 is 11.6 Å². The predicted octanol–water partition coefficient (Wildman–Crippen LogP) is 2.81. The summed E-state index contributed by atoms with van der Waals surface area (Å²) in [5.41, 5.74) is 3.24. The summed E-state index contributed by atoms with van der Waals surface area (Å²) in [7, 11) is 0. The minimum Gasteiger partial charge on any atom is -0.398 e. The molecule has 0 aliphatic heterocycles. The summed E-state index contributed by atoms with van der Waals surface area (Å²) in [6.45, 7) is 0. The van der Waals surface area contributed by atoms with Crippen molar-refractivity contribution in [3.8, 4) is 6.07 Å². The second kappa shape index (κ2) is 3.39. The van der Waals surface area contributed by atoms with Crippen LogP contribution in [0.2, 0.25) is 5.02 Å². The SMILES string of the molecule is N#Cc1ccc(N)c(C(F)(F)F)c1Cl. The van der Waals surface area contributed by atoms with Crippen molar-refractivity contribution in [3.05, 3.63) is 28.3 Å². The van der Waals surface area contributed by atoms with Crippen LogP contribution in [0.5, 0.6) is 0 Å². The topological polar surface area (TPSA) is 49.8 Å². The van der Waals surface area contributed by atoms with Crippen LogP contribution in [0, 0.1) is 11.3 Å². The first-order chi connectivity index (χ1) is 6.38. The average Bonchev–Trinajstić information content (AvgIpc) is 2.02. The highest BCUT2D eigenvalue weighted by atomic mass is 35.5. The Bertz CT molecular complexity index is 406. The van der Waals surface area contributed by atoms with Gasteiger partial charge in [0.05, 0.1) is 16.1 Å². The van der Waals surface area contributed by atoms with Crippen molar-refractivity contribution in [2.45, 2.75) is 6.18 Å². The summed E-state index contributed by atoms with van der Waals surface area (Å²) in [4.78, 5) is 0. The molecule has 0 aliphatic rings. The fraction of sp³-hybridized carbons (Fsp3) is 0.125. The lowest BCUT2D eigenvalue weighted by molar-refractivity contribution is -0.136. The molecule has 0 fully saturated rings. The molecule has 0 bridgehead atoms. The highest BCUT2D eigenvalue weighted by Gasteiger charge is 2.36. The molecule has 2 N–H and O–H groups in total. The summed E-state index contributed by atoms with van der Waals surface area (Å²) in [5, 5.41) is 7.80. The zero-order valence-electron chi connectivity index (χ0n) is 6.69. The Morgan fingerprint density at radius 2 is 1.93 bits per heavy atom. The van der Waals surface area contributed by atoms with Gasteiger partial charge in [0.25, 0.3) is 0 Å². The number of hydrogen-bond donors (Lipinski definition) is 1. The molecule has 0 spiro atoms. The van der Waals surface area contributed by atoms with Crippen LogP contribution in [0.25, 0.3) is 0 Å². The average molecular weight is 221 g/mol. The van der Waals surface area contributed by atoms with Gasteiger partial charge in [-0.05, 0) is 12.1 Å². The van der Waals surface area contributed by atoms with E-state index in [-0.39, 0.29) is 5.56 Å². The smallest absolute Gasteiger partial charge is 0.398 e. The quantitative estimate of drug-likeness (QED) is 0.684. The molecule has 0 aliphatic carbocycles. The number of hydrogen-bond acceptors (Lipinski definition) is 2. The van der Waals surface area contributed by atoms with Gasteiger partial charge in [0, 0.05) is 5.69 Å². The number of halogens is 4. The summed E-state index contributed by atoms with van der Waals surface area (Å²) in [5.74, 6) is 0. The molecule has 1 aromatic carbocycles. The number of nitrogens with two attached hydrogens (primary N) is 1. The first kappa shape index (κ1) is 10.7. The van der Waals surface area contributed by atoms with Crippen molar-refractivity contribution >= 4 is 17.3 Å². The van der Waals surface area contributed by atoms with Gasteiger partial charge in [-0.3, -0.25) is 0 Å². The molecule has 0 radical (unpaired) electrons. The lowest BCUT2D eigenvalue weighted by Gasteiger charge is -2.12. The highest BCUT2D eigenvalue weighted by molar-refractivity contribution is 6.33. The second-order valence-electron chi connectivity index (χ2n) is 2.50. The molecule has 2 nitrogen and oxygen atoms in total. The molecule has 0 saturated heterocycles. The van der Waals surface area contributed by atoms with Crippen LogP contribution in [-0.2, 0) is 6.18 Å². The molecule has 0 unspecified atom stereocenters. The maximum absolute atomic E-state index is 12.4. The number of nitrogens with zero attached hydrogens (tertiary/aromatic N) is 1. The van der Waals surface area contributed by atoms with Crippen molar-refractivity contribution in [2.75, 3.05) is 5.73 Å². The molecule has 0 heterocycles. The van der Waals surface area contributed by atoms with E-state index in [1.807, 2.05) is 0 Å². The van der Waals surface area contributed by atoms with Crippen LogP contribution in [0.3, 0.4) is 0 Å². The first-order valence-corrected chi connectivity index (χ1v) is 3.81. The normalized spacial score (nSPS) is 11.1. The van der Waals surface area contributed by atoms with Crippen LogP contribution in [0.4, 0.5) is 18.9 Å². The summed E-state index contributed by atoms with van der Waals surface area (Å²) < 4.78 is 37.1. The molecular weight excluding hydrogens is 217 g/mol. The van der Waals surface area contributed by atoms with Gasteiger partial charge in [-0.15, -0.1) is 0 Å². The summed E-state index contributed by atoms with van der Waals surface area (Å²) in [6.07, 6.45) is -4.64. The zero-order chi connectivity index (χ0) is 10.9. The van der Waals surface area contributed by atoms with Gasteiger partial charge in [0.2, 0.25) is 0 Å². The maximum Gasteiger partial charge on any atom is 0.419 e. The molecule has 1 rings (SSSR count). The Kier molecular flexibility index (Phi) is 2.58. The lowest BCUT2D eigenvalue weighted by atomic mass is 10.1. The number of nitriles is 1.